The van der Waals surface area contributed by atoms with Crippen molar-refractivity contribution in [3.05, 3.63) is 22.2 Å². The number of ether oxygens (including phenoxy) is 1. The number of nitrogen functional groups attached to an aromatic ring is 1. The topological polar surface area (TPSA) is 103 Å². The van der Waals surface area contributed by atoms with Gasteiger partial charge in [-0.25, -0.2) is 4.98 Å². The number of aromatic nitrogens is 1. The average molecular weight is 240 g/mol. The van der Waals surface area contributed by atoms with Crippen LogP contribution >= 0.6 is 0 Å². The molecule has 0 spiro atoms. The molecule has 94 valence electrons. The van der Waals surface area contributed by atoms with E-state index in [0.717, 1.165) is 0 Å². The fourth-order valence-electron chi connectivity index (χ4n) is 1.19. The molecule has 0 amide bonds. The van der Waals surface area contributed by atoms with Gasteiger partial charge >= 0.3 is 5.69 Å². The van der Waals surface area contributed by atoms with Crippen molar-refractivity contribution >= 4 is 17.3 Å². The molecule has 1 rings (SSSR count). The Morgan fingerprint density at radius 2 is 2.29 bits per heavy atom. The van der Waals surface area contributed by atoms with Gasteiger partial charge < -0.3 is 15.8 Å². The SMILES string of the molecule is CC(C)OCCNc1ccc([N+](=O)[O-])c(N)n1. The van der Waals surface area contributed by atoms with Crippen LogP contribution in [0.5, 0.6) is 0 Å². The molecule has 0 fully saturated rings. The summed E-state index contributed by atoms with van der Waals surface area (Å²) in [6.45, 7) is 5.00. The van der Waals surface area contributed by atoms with Crippen LogP contribution in [-0.4, -0.2) is 29.2 Å². The molecule has 0 saturated heterocycles. The monoisotopic (exact) mass is 240 g/mol. The quantitative estimate of drug-likeness (QED) is 0.442. The first-order chi connectivity index (χ1) is 8.00. The van der Waals surface area contributed by atoms with Gasteiger partial charge in [-0.05, 0) is 19.9 Å². The molecule has 0 radical (unpaired) electrons. The van der Waals surface area contributed by atoms with Crippen LogP contribution < -0.4 is 11.1 Å². The van der Waals surface area contributed by atoms with Gasteiger partial charge in [0.1, 0.15) is 5.82 Å². The van der Waals surface area contributed by atoms with Crippen LogP contribution in [0.15, 0.2) is 12.1 Å². The molecule has 0 bridgehead atoms. The third-order valence-electron chi connectivity index (χ3n) is 1.96. The number of nitrogens with one attached hydrogen (secondary N) is 1. The molecule has 0 aliphatic rings. The Balaban J connectivity index is 2.50. The summed E-state index contributed by atoms with van der Waals surface area (Å²) in [5.41, 5.74) is 5.26. The van der Waals surface area contributed by atoms with E-state index in [1.807, 2.05) is 13.8 Å². The second-order valence-electron chi connectivity index (χ2n) is 3.70. The summed E-state index contributed by atoms with van der Waals surface area (Å²) in [7, 11) is 0. The predicted octanol–water partition coefficient (Wildman–Crippen LogP) is 1.41. The van der Waals surface area contributed by atoms with Gasteiger partial charge in [0.2, 0.25) is 5.82 Å². The Hall–Kier alpha value is -1.89. The first-order valence-electron chi connectivity index (χ1n) is 5.27. The van der Waals surface area contributed by atoms with Gasteiger partial charge in [-0.15, -0.1) is 0 Å². The number of hydrogen-bond donors (Lipinski definition) is 2. The zero-order valence-corrected chi connectivity index (χ0v) is 9.84. The molecule has 0 saturated carbocycles. The Morgan fingerprint density at radius 1 is 1.59 bits per heavy atom. The molecule has 0 aliphatic heterocycles. The number of anilines is 2. The van der Waals surface area contributed by atoms with Crippen LogP contribution in [0.2, 0.25) is 0 Å². The molecule has 7 heteroatoms. The number of rotatable bonds is 6. The minimum Gasteiger partial charge on any atom is -0.378 e. The minimum atomic E-state index is -0.562. The van der Waals surface area contributed by atoms with Crippen molar-refractivity contribution in [2.45, 2.75) is 20.0 Å². The molecule has 17 heavy (non-hydrogen) atoms. The number of pyridine rings is 1. The van der Waals surface area contributed by atoms with Crippen molar-refractivity contribution in [1.29, 1.82) is 0 Å². The first kappa shape index (κ1) is 13.2. The highest BCUT2D eigenvalue weighted by Gasteiger charge is 2.12. The van der Waals surface area contributed by atoms with E-state index in [4.69, 9.17) is 10.5 Å². The van der Waals surface area contributed by atoms with Crippen molar-refractivity contribution in [3.8, 4) is 0 Å². The standard InChI is InChI=1S/C10H16N4O3/c1-7(2)17-6-5-12-9-4-3-8(14(15)16)10(11)13-9/h3-4,7H,5-6H2,1-2H3,(H3,11,12,13). The van der Waals surface area contributed by atoms with E-state index in [9.17, 15) is 10.1 Å². The van der Waals surface area contributed by atoms with Crippen LogP contribution in [0.3, 0.4) is 0 Å². The Bertz CT molecular complexity index is 395. The highest BCUT2D eigenvalue weighted by molar-refractivity contribution is 5.57. The molecule has 1 aromatic rings. The summed E-state index contributed by atoms with van der Waals surface area (Å²) in [5, 5.41) is 13.5. The predicted molar refractivity (Wildman–Crippen MR) is 64.9 cm³/mol. The number of nitrogens with zero attached hydrogens (tertiary/aromatic N) is 2. The van der Waals surface area contributed by atoms with Crippen molar-refractivity contribution < 1.29 is 9.66 Å². The van der Waals surface area contributed by atoms with Crippen LogP contribution in [0.25, 0.3) is 0 Å². The highest BCUT2D eigenvalue weighted by atomic mass is 16.6. The maximum atomic E-state index is 10.5. The third-order valence-corrected chi connectivity index (χ3v) is 1.96. The summed E-state index contributed by atoms with van der Waals surface area (Å²) < 4.78 is 5.33. The van der Waals surface area contributed by atoms with Gasteiger partial charge in [0, 0.05) is 12.6 Å². The third kappa shape index (κ3) is 4.23. The Labute approximate surface area is 99.1 Å². The van der Waals surface area contributed by atoms with E-state index in [2.05, 4.69) is 10.3 Å². The second-order valence-corrected chi connectivity index (χ2v) is 3.70. The molecular formula is C10H16N4O3. The molecule has 0 aromatic carbocycles. The minimum absolute atomic E-state index is 0.0928. The van der Waals surface area contributed by atoms with E-state index in [1.54, 1.807) is 0 Å². The Kier molecular flexibility index (Phi) is 4.65. The number of nitro groups is 1. The van der Waals surface area contributed by atoms with E-state index < -0.39 is 4.92 Å². The first-order valence-corrected chi connectivity index (χ1v) is 5.27. The van der Waals surface area contributed by atoms with E-state index >= 15 is 0 Å². The molecule has 1 heterocycles. The molecule has 1 aromatic heterocycles. The van der Waals surface area contributed by atoms with Gasteiger partial charge in [0.25, 0.3) is 0 Å². The van der Waals surface area contributed by atoms with Crippen LogP contribution in [-0.2, 0) is 4.74 Å². The van der Waals surface area contributed by atoms with E-state index in [-0.39, 0.29) is 17.6 Å². The molecule has 7 nitrogen and oxygen atoms in total. The van der Waals surface area contributed by atoms with Gasteiger partial charge in [-0.1, -0.05) is 0 Å². The van der Waals surface area contributed by atoms with Crippen molar-refractivity contribution in [2.24, 2.45) is 0 Å². The largest absolute Gasteiger partial charge is 0.378 e. The molecule has 3 N–H and O–H groups in total. The highest BCUT2D eigenvalue weighted by Crippen LogP contribution is 2.20. The van der Waals surface area contributed by atoms with Gasteiger partial charge in [-0.3, -0.25) is 10.1 Å². The Morgan fingerprint density at radius 3 is 2.82 bits per heavy atom. The van der Waals surface area contributed by atoms with Crippen LogP contribution in [0.1, 0.15) is 13.8 Å². The van der Waals surface area contributed by atoms with Crippen molar-refractivity contribution in [1.82, 2.24) is 4.98 Å². The average Bonchev–Trinajstić information content (AvgIpc) is 2.23. The zero-order chi connectivity index (χ0) is 12.8. The molecule has 0 aliphatic carbocycles. The molecule has 0 unspecified atom stereocenters. The molecule has 0 atom stereocenters. The lowest BCUT2D eigenvalue weighted by Gasteiger charge is -2.09. The number of hydrogen-bond acceptors (Lipinski definition) is 6. The smallest absolute Gasteiger partial charge is 0.311 e. The maximum Gasteiger partial charge on any atom is 0.311 e. The normalized spacial score (nSPS) is 10.5. The summed E-state index contributed by atoms with van der Waals surface area (Å²) >= 11 is 0. The van der Waals surface area contributed by atoms with Crippen molar-refractivity contribution in [2.75, 3.05) is 24.2 Å². The zero-order valence-electron chi connectivity index (χ0n) is 9.84. The summed E-state index contributed by atoms with van der Waals surface area (Å²) in [6.07, 6.45) is 0.173. The summed E-state index contributed by atoms with van der Waals surface area (Å²) in [6, 6.07) is 2.85. The van der Waals surface area contributed by atoms with Gasteiger partial charge in [0.15, 0.2) is 0 Å². The fourth-order valence-corrected chi connectivity index (χ4v) is 1.19. The van der Waals surface area contributed by atoms with Crippen molar-refractivity contribution in [3.63, 3.8) is 0 Å². The van der Waals surface area contributed by atoms with E-state index in [1.165, 1.54) is 12.1 Å². The van der Waals surface area contributed by atoms with E-state index in [0.29, 0.717) is 19.0 Å². The lowest BCUT2D eigenvalue weighted by molar-refractivity contribution is -0.384. The number of nitrogens with two attached hydrogens (primary N) is 1. The van der Waals surface area contributed by atoms with Crippen LogP contribution in [0, 0.1) is 10.1 Å². The van der Waals surface area contributed by atoms with Gasteiger partial charge in [0.05, 0.1) is 17.6 Å². The maximum absolute atomic E-state index is 10.5. The van der Waals surface area contributed by atoms with Gasteiger partial charge in [-0.2, -0.15) is 0 Å². The second kappa shape index (κ2) is 6.00. The summed E-state index contributed by atoms with van der Waals surface area (Å²) in [4.78, 5) is 13.8. The lowest BCUT2D eigenvalue weighted by Crippen LogP contribution is -2.14. The lowest BCUT2D eigenvalue weighted by atomic mass is 10.4. The molecular weight excluding hydrogens is 224 g/mol. The summed E-state index contributed by atoms with van der Waals surface area (Å²) in [5.74, 6) is 0.408. The van der Waals surface area contributed by atoms with Crippen LogP contribution in [0.4, 0.5) is 17.3 Å². The fraction of sp³-hybridized carbons (Fsp3) is 0.500.